The van der Waals surface area contributed by atoms with Crippen molar-refractivity contribution in [3.05, 3.63) is 47.7 Å². The van der Waals surface area contributed by atoms with Crippen molar-refractivity contribution in [1.29, 1.82) is 0 Å². The van der Waals surface area contributed by atoms with Crippen LogP contribution in [-0.4, -0.2) is 45.7 Å². The maximum atomic E-state index is 13.0. The molecule has 11 heteroatoms. The summed E-state index contributed by atoms with van der Waals surface area (Å²) in [5, 5.41) is 14.3. The molecule has 0 spiro atoms. The van der Waals surface area contributed by atoms with Crippen LogP contribution in [0.2, 0.25) is 0 Å². The van der Waals surface area contributed by atoms with Crippen molar-refractivity contribution >= 4 is 22.6 Å². The number of ether oxygens (including phenoxy) is 1. The van der Waals surface area contributed by atoms with Crippen molar-refractivity contribution in [3.8, 4) is 28.6 Å². The average Bonchev–Trinajstić information content (AvgIpc) is 3.62. The third kappa shape index (κ3) is 4.61. The smallest absolute Gasteiger partial charge is 0.481 e. The number of aromatic nitrogens is 3. The highest BCUT2D eigenvalue weighted by atomic mass is 19.4. The van der Waals surface area contributed by atoms with Gasteiger partial charge in [-0.1, -0.05) is 5.16 Å². The number of carboxylic acids is 1. The third-order valence-corrected chi connectivity index (χ3v) is 7.04. The van der Waals surface area contributed by atoms with Gasteiger partial charge in [0.2, 0.25) is 5.82 Å². The van der Waals surface area contributed by atoms with E-state index < -0.39 is 12.3 Å². The number of aryl methyl sites for hydroxylation is 1. The zero-order valence-corrected chi connectivity index (χ0v) is 19.6. The number of nitrogens with zero attached hydrogens (tertiary/aromatic N) is 3. The first kappa shape index (κ1) is 23.4. The summed E-state index contributed by atoms with van der Waals surface area (Å²) in [4.78, 5) is 21.1. The molecule has 0 bridgehead atoms. The summed E-state index contributed by atoms with van der Waals surface area (Å²) >= 11 is 0. The number of H-pyrrole nitrogens is 1. The molecule has 8 nitrogen and oxygen atoms in total. The summed E-state index contributed by atoms with van der Waals surface area (Å²) in [6.45, 7) is 1.50. The lowest BCUT2D eigenvalue weighted by molar-refractivity contribution is -0.274. The van der Waals surface area contributed by atoms with Gasteiger partial charge in [-0.05, 0) is 61.6 Å². The number of hydrogen-bond acceptors (Lipinski definition) is 6. The van der Waals surface area contributed by atoms with Gasteiger partial charge in [-0.25, -0.2) is 0 Å². The summed E-state index contributed by atoms with van der Waals surface area (Å²) in [6, 6.07) is 10.00. The molecule has 192 valence electrons. The Morgan fingerprint density at radius 1 is 1.16 bits per heavy atom. The van der Waals surface area contributed by atoms with Crippen molar-refractivity contribution in [2.24, 2.45) is 0 Å². The van der Waals surface area contributed by atoms with Gasteiger partial charge in [0.15, 0.2) is 0 Å². The first-order valence-electron chi connectivity index (χ1n) is 12.1. The topological polar surface area (TPSA) is 104 Å². The number of aromatic amines is 1. The average molecular weight is 512 g/mol. The molecule has 1 atom stereocenters. The standard InChI is InChI=1S/C26H23F3N4O4/c27-26(28,29)36-18-10-16(9-17(13-18)33-7-1-2-8-33)25-31-24(32-37-25)15-4-6-21-20(11-15)19-5-3-14(12-22(34)35)23(19)30-21/h4,6,9-11,13-14,30H,1-3,5,7-8,12H2,(H,34,35). The first-order chi connectivity index (χ1) is 17.7. The quantitative estimate of drug-likeness (QED) is 0.332. The number of benzene rings is 2. The number of hydrogen-bond donors (Lipinski definition) is 2. The highest BCUT2D eigenvalue weighted by Crippen LogP contribution is 2.41. The molecule has 1 unspecified atom stereocenters. The van der Waals surface area contributed by atoms with Crippen LogP contribution in [0.15, 0.2) is 40.9 Å². The van der Waals surface area contributed by atoms with Crippen molar-refractivity contribution in [1.82, 2.24) is 15.1 Å². The zero-order chi connectivity index (χ0) is 25.7. The minimum Gasteiger partial charge on any atom is -0.481 e. The minimum atomic E-state index is -4.82. The van der Waals surface area contributed by atoms with E-state index in [0.717, 1.165) is 60.9 Å². The summed E-state index contributed by atoms with van der Waals surface area (Å²) in [5.41, 5.74) is 4.59. The molecule has 2 aliphatic rings. The van der Waals surface area contributed by atoms with E-state index in [-0.39, 0.29) is 24.0 Å². The second-order valence-electron chi connectivity index (χ2n) is 9.49. The molecule has 0 radical (unpaired) electrons. The number of anilines is 1. The van der Waals surface area contributed by atoms with Crippen LogP contribution in [0.3, 0.4) is 0 Å². The molecule has 1 fully saturated rings. The lowest BCUT2D eigenvalue weighted by Gasteiger charge is -2.19. The van der Waals surface area contributed by atoms with Crippen LogP contribution in [0.5, 0.6) is 5.75 Å². The first-order valence-corrected chi connectivity index (χ1v) is 12.1. The molecule has 3 heterocycles. The van der Waals surface area contributed by atoms with E-state index in [1.165, 1.54) is 12.1 Å². The van der Waals surface area contributed by atoms with Crippen molar-refractivity contribution in [2.75, 3.05) is 18.0 Å². The van der Waals surface area contributed by atoms with Crippen LogP contribution in [0.25, 0.3) is 33.7 Å². The predicted octanol–water partition coefficient (Wildman–Crippen LogP) is 5.89. The molecule has 2 aromatic carbocycles. The van der Waals surface area contributed by atoms with Gasteiger partial charge in [-0.3, -0.25) is 4.79 Å². The van der Waals surface area contributed by atoms with Crippen molar-refractivity contribution in [3.63, 3.8) is 0 Å². The molecular formula is C26H23F3N4O4. The molecular weight excluding hydrogens is 489 g/mol. The second kappa shape index (κ2) is 8.82. The fraction of sp³-hybridized carbons (Fsp3) is 0.346. The summed E-state index contributed by atoms with van der Waals surface area (Å²) < 4.78 is 48.6. The van der Waals surface area contributed by atoms with E-state index in [1.807, 2.05) is 23.1 Å². The molecule has 2 aromatic heterocycles. The third-order valence-electron chi connectivity index (χ3n) is 7.04. The lowest BCUT2D eigenvalue weighted by atomic mass is 10.0. The fourth-order valence-corrected chi connectivity index (χ4v) is 5.42. The van der Waals surface area contributed by atoms with Gasteiger partial charge in [0.25, 0.3) is 5.89 Å². The van der Waals surface area contributed by atoms with E-state index in [2.05, 4.69) is 19.9 Å². The van der Waals surface area contributed by atoms with Crippen LogP contribution in [0, 0.1) is 0 Å². The molecule has 4 aromatic rings. The number of rotatable bonds is 6. The largest absolute Gasteiger partial charge is 0.573 e. The second-order valence-corrected chi connectivity index (χ2v) is 9.49. The van der Waals surface area contributed by atoms with Gasteiger partial charge in [-0.15, -0.1) is 13.2 Å². The van der Waals surface area contributed by atoms with Gasteiger partial charge >= 0.3 is 12.3 Å². The molecule has 1 aliphatic carbocycles. The van der Waals surface area contributed by atoms with Crippen LogP contribution >= 0.6 is 0 Å². The van der Waals surface area contributed by atoms with E-state index in [0.29, 0.717) is 22.6 Å². The molecule has 0 amide bonds. The van der Waals surface area contributed by atoms with Crippen LogP contribution in [0.4, 0.5) is 18.9 Å². The molecule has 1 aliphatic heterocycles. The predicted molar refractivity (Wildman–Crippen MR) is 128 cm³/mol. The number of alkyl halides is 3. The van der Waals surface area contributed by atoms with Gasteiger partial charge < -0.3 is 24.3 Å². The Bertz CT molecular complexity index is 1490. The van der Waals surface area contributed by atoms with Gasteiger partial charge in [0.1, 0.15) is 5.75 Å². The SMILES string of the molecule is O=C(O)CC1CCc2c1[nH]c1ccc(-c3noc(-c4cc(OC(F)(F)F)cc(N5CCCC5)c4)n3)cc21. The number of carboxylic acid groups (broad SMARTS) is 1. The fourth-order valence-electron chi connectivity index (χ4n) is 5.42. The van der Waals surface area contributed by atoms with E-state index in [4.69, 9.17) is 4.52 Å². The molecule has 6 rings (SSSR count). The monoisotopic (exact) mass is 512 g/mol. The zero-order valence-electron chi connectivity index (χ0n) is 19.6. The Hall–Kier alpha value is -4.02. The Morgan fingerprint density at radius 2 is 1.97 bits per heavy atom. The molecule has 0 saturated carbocycles. The van der Waals surface area contributed by atoms with Crippen molar-refractivity contribution in [2.45, 2.75) is 44.4 Å². The molecule has 2 N–H and O–H groups in total. The van der Waals surface area contributed by atoms with E-state index in [9.17, 15) is 23.1 Å². The van der Waals surface area contributed by atoms with E-state index >= 15 is 0 Å². The molecule has 37 heavy (non-hydrogen) atoms. The number of aliphatic carboxylic acids is 1. The number of halogens is 3. The maximum Gasteiger partial charge on any atom is 0.573 e. The highest BCUT2D eigenvalue weighted by molar-refractivity contribution is 5.89. The Morgan fingerprint density at radius 3 is 2.73 bits per heavy atom. The van der Waals surface area contributed by atoms with Crippen LogP contribution in [-0.2, 0) is 11.2 Å². The van der Waals surface area contributed by atoms with Gasteiger partial charge in [0.05, 0.1) is 6.42 Å². The Labute approximate surface area is 209 Å². The van der Waals surface area contributed by atoms with Gasteiger partial charge in [0, 0.05) is 58.5 Å². The van der Waals surface area contributed by atoms with Crippen molar-refractivity contribution < 1.29 is 32.3 Å². The van der Waals surface area contributed by atoms with Crippen LogP contribution < -0.4 is 9.64 Å². The Balaban J connectivity index is 1.34. The highest BCUT2D eigenvalue weighted by Gasteiger charge is 2.32. The lowest BCUT2D eigenvalue weighted by Crippen LogP contribution is -2.20. The minimum absolute atomic E-state index is 0.0453. The maximum absolute atomic E-state index is 13.0. The Kier molecular flexibility index (Phi) is 5.58. The summed E-state index contributed by atoms with van der Waals surface area (Å²) in [5.74, 6) is -0.821. The summed E-state index contributed by atoms with van der Waals surface area (Å²) in [6.07, 6.45) is -1.26. The number of carbonyl (C=O) groups is 1. The number of fused-ring (bicyclic) bond motifs is 3. The van der Waals surface area contributed by atoms with Gasteiger partial charge in [-0.2, -0.15) is 4.98 Å². The summed E-state index contributed by atoms with van der Waals surface area (Å²) in [7, 11) is 0. The molecule has 1 saturated heterocycles. The normalized spacial score (nSPS) is 17.5. The van der Waals surface area contributed by atoms with E-state index in [1.54, 1.807) is 6.07 Å². The number of nitrogens with one attached hydrogen (secondary N) is 1. The van der Waals surface area contributed by atoms with Crippen LogP contribution in [0.1, 0.15) is 42.9 Å².